The second-order valence-electron chi connectivity index (χ2n) is 4.74. The Morgan fingerprint density at radius 3 is 2.78 bits per heavy atom. The lowest BCUT2D eigenvalue weighted by Crippen LogP contribution is -2.24. The van der Waals surface area contributed by atoms with Crippen molar-refractivity contribution in [3.63, 3.8) is 0 Å². The van der Waals surface area contributed by atoms with Crippen molar-refractivity contribution in [3.05, 3.63) is 53.7 Å². The summed E-state index contributed by atoms with van der Waals surface area (Å²) in [5.41, 5.74) is 13.2. The van der Waals surface area contributed by atoms with Crippen LogP contribution in [0.15, 0.2) is 42.6 Å². The fourth-order valence-corrected chi connectivity index (χ4v) is 1.73. The summed E-state index contributed by atoms with van der Waals surface area (Å²) in [4.78, 5) is 15.4. The lowest BCUT2D eigenvalue weighted by Gasteiger charge is -2.05. The number of nitrogen functional groups attached to an aromatic ring is 2. The predicted molar refractivity (Wildman–Crippen MR) is 89.2 cm³/mol. The number of anilines is 2. The SMILES string of the molecule is Nc1cc(C#CCCNC(=O)OCc2ccccc2)cnc1N. The van der Waals surface area contributed by atoms with Crippen molar-refractivity contribution < 1.29 is 9.53 Å². The molecule has 5 N–H and O–H groups in total. The number of hydrogen-bond acceptors (Lipinski definition) is 5. The number of nitrogens with one attached hydrogen (secondary N) is 1. The number of alkyl carbamates (subject to hydrolysis) is 1. The van der Waals surface area contributed by atoms with Crippen molar-refractivity contribution in [2.45, 2.75) is 13.0 Å². The smallest absolute Gasteiger partial charge is 0.407 e. The van der Waals surface area contributed by atoms with Gasteiger partial charge in [0.15, 0.2) is 0 Å². The van der Waals surface area contributed by atoms with Gasteiger partial charge in [0, 0.05) is 24.7 Å². The van der Waals surface area contributed by atoms with E-state index < -0.39 is 6.09 Å². The molecule has 0 saturated heterocycles. The fraction of sp³-hybridized carbons (Fsp3) is 0.176. The number of rotatable bonds is 4. The van der Waals surface area contributed by atoms with Gasteiger partial charge in [-0.15, -0.1) is 0 Å². The maximum atomic E-state index is 11.5. The van der Waals surface area contributed by atoms with Gasteiger partial charge in [-0.05, 0) is 11.6 Å². The van der Waals surface area contributed by atoms with Crippen LogP contribution in [0, 0.1) is 11.8 Å². The van der Waals surface area contributed by atoms with E-state index in [-0.39, 0.29) is 6.61 Å². The first-order valence-corrected chi connectivity index (χ1v) is 7.09. The molecule has 0 atom stereocenters. The van der Waals surface area contributed by atoms with Crippen molar-refractivity contribution in [3.8, 4) is 11.8 Å². The minimum Gasteiger partial charge on any atom is -0.445 e. The van der Waals surface area contributed by atoms with Crippen LogP contribution in [0.5, 0.6) is 0 Å². The Kier molecular flexibility index (Phi) is 5.83. The highest BCUT2D eigenvalue weighted by Gasteiger charge is 2.00. The normalized spacial score (nSPS) is 9.57. The summed E-state index contributed by atoms with van der Waals surface area (Å²) in [7, 11) is 0. The van der Waals surface area contributed by atoms with E-state index in [9.17, 15) is 4.79 Å². The molecule has 0 spiro atoms. The molecule has 0 fully saturated rings. The molecule has 0 aliphatic carbocycles. The van der Waals surface area contributed by atoms with Crippen LogP contribution >= 0.6 is 0 Å². The van der Waals surface area contributed by atoms with Crippen LogP contribution in [-0.4, -0.2) is 17.6 Å². The molecule has 1 aromatic heterocycles. The van der Waals surface area contributed by atoms with E-state index in [0.717, 1.165) is 5.56 Å². The molecule has 1 aromatic carbocycles. The van der Waals surface area contributed by atoms with Gasteiger partial charge >= 0.3 is 6.09 Å². The summed E-state index contributed by atoms with van der Waals surface area (Å²) in [6, 6.07) is 11.1. The maximum Gasteiger partial charge on any atom is 0.407 e. The molecular formula is C17H18N4O2. The van der Waals surface area contributed by atoms with Crippen molar-refractivity contribution in [1.82, 2.24) is 10.3 Å². The quantitative estimate of drug-likeness (QED) is 0.591. The standard InChI is InChI=1S/C17H18N4O2/c18-15-10-14(11-21-16(15)19)8-4-5-9-20-17(22)23-12-13-6-2-1-3-7-13/h1-3,6-7,10-11H,5,9,12,18H2,(H2,19,21)(H,20,22). The van der Waals surface area contributed by atoms with E-state index in [1.165, 1.54) is 0 Å². The average Bonchev–Trinajstić information content (AvgIpc) is 2.57. The Morgan fingerprint density at radius 1 is 1.26 bits per heavy atom. The summed E-state index contributed by atoms with van der Waals surface area (Å²) in [5.74, 6) is 6.12. The van der Waals surface area contributed by atoms with Gasteiger partial charge in [-0.25, -0.2) is 9.78 Å². The highest BCUT2D eigenvalue weighted by Crippen LogP contribution is 2.11. The summed E-state index contributed by atoms with van der Waals surface area (Å²) in [6.07, 6.45) is 1.58. The lowest BCUT2D eigenvalue weighted by molar-refractivity contribution is 0.140. The molecular weight excluding hydrogens is 292 g/mol. The third-order valence-electron chi connectivity index (χ3n) is 2.91. The maximum absolute atomic E-state index is 11.5. The molecule has 0 aliphatic heterocycles. The van der Waals surface area contributed by atoms with Crippen LogP contribution < -0.4 is 16.8 Å². The van der Waals surface area contributed by atoms with Crippen LogP contribution in [0.25, 0.3) is 0 Å². The third kappa shape index (κ3) is 5.59. The second kappa shape index (κ2) is 8.29. The Balaban J connectivity index is 1.68. The molecule has 118 valence electrons. The van der Waals surface area contributed by atoms with Crippen molar-refractivity contribution >= 4 is 17.6 Å². The molecule has 0 saturated carbocycles. The van der Waals surface area contributed by atoms with Gasteiger partial charge in [0.1, 0.15) is 12.4 Å². The van der Waals surface area contributed by atoms with Gasteiger partial charge in [0.2, 0.25) is 0 Å². The first-order chi connectivity index (χ1) is 11.1. The zero-order chi connectivity index (χ0) is 16.5. The topological polar surface area (TPSA) is 103 Å². The molecule has 0 radical (unpaired) electrons. The number of nitrogens with two attached hydrogens (primary N) is 2. The molecule has 0 unspecified atom stereocenters. The lowest BCUT2D eigenvalue weighted by atomic mass is 10.2. The summed E-state index contributed by atoms with van der Waals surface area (Å²) in [5, 5.41) is 2.64. The molecule has 0 aliphatic rings. The largest absolute Gasteiger partial charge is 0.445 e. The first kappa shape index (κ1) is 16.2. The Labute approximate surface area is 134 Å². The molecule has 2 rings (SSSR count). The van der Waals surface area contributed by atoms with E-state index in [1.54, 1.807) is 12.3 Å². The van der Waals surface area contributed by atoms with Crippen molar-refractivity contribution in [2.75, 3.05) is 18.0 Å². The molecule has 0 bridgehead atoms. The van der Waals surface area contributed by atoms with Gasteiger partial charge in [0.05, 0.1) is 5.69 Å². The van der Waals surface area contributed by atoms with Gasteiger partial charge in [-0.1, -0.05) is 42.2 Å². The zero-order valence-corrected chi connectivity index (χ0v) is 12.6. The van der Waals surface area contributed by atoms with Gasteiger partial charge in [-0.3, -0.25) is 0 Å². The number of carbonyl (C=O) groups excluding carboxylic acids is 1. The summed E-state index contributed by atoms with van der Waals surface area (Å²) in [6.45, 7) is 0.646. The zero-order valence-electron chi connectivity index (χ0n) is 12.6. The summed E-state index contributed by atoms with van der Waals surface area (Å²) >= 11 is 0. The van der Waals surface area contributed by atoms with E-state index in [0.29, 0.717) is 30.0 Å². The monoisotopic (exact) mass is 310 g/mol. The van der Waals surface area contributed by atoms with Crippen LogP contribution in [0.1, 0.15) is 17.5 Å². The fourth-order valence-electron chi connectivity index (χ4n) is 1.73. The number of ether oxygens (including phenoxy) is 1. The van der Waals surface area contributed by atoms with Crippen molar-refractivity contribution in [2.24, 2.45) is 0 Å². The molecule has 1 heterocycles. The van der Waals surface area contributed by atoms with Crippen LogP contribution in [0.2, 0.25) is 0 Å². The molecule has 2 aromatic rings. The number of aromatic nitrogens is 1. The van der Waals surface area contributed by atoms with E-state index in [1.807, 2.05) is 30.3 Å². The predicted octanol–water partition coefficient (Wildman–Crippen LogP) is 1.91. The molecule has 6 nitrogen and oxygen atoms in total. The van der Waals surface area contributed by atoms with Gasteiger partial charge in [0.25, 0.3) is 0 Å². The van der Waals surface area contributed by atoms with Crippen LogP contribution in [0.4, 0.5) is 16.3 Å². The van der Waals surface area contributed by atoms with Crippen LogP contribution in [0.3, 0.4) is 0 Å². The van der Waals surface area contributed by atoms with Gasteiger partial charge in [-0.2, -0.15) is 0 Å². The number of pyridine rings is 1. The number of amides is 1. The number of benzene rings is 1. The highest BCUT2D eigenvalue weighted by atomic mass is 16.5. The Morgan fingerprint density at radius 2 is 2.04 bits per heavy atom. The van der Waals surface area contributed by atoms with Crippen LogP contribution in [-0.2, 0) is 11.3 Å². The number of carbonyl (C=O) groups is 1. The Bertz CT molecular complexity index is 720. The minimum atomic E-state index is -0.464. The summed E-state index contributed by atoms with van der Waals surface area (Å²) < 4.78 is 5.08. The average molecular weight is 310 g/mol. The van der Waals surface area contributed by atoms with Crippen molar-refractivity contribution in [1.29, 1.82) is 0 Å². The number of nitrogens with zero attached hydrogens (tertiary/aromatic N) is 1. The van der Waals surface area contributed by atoms with Gasteiger partial charge < -0.3 is 21.5 Å². The minimum absolute atomic E-state index is 0.245. The third-order valence-corrected chi connectivity index (χ3v) is 2.91. The first-order valence-electron chi connectivity index (χ1n) is 7.09. The van der Waals surface area contributed by atoms with E-state index in [2.05, 4.69) is 22.1 Å². The second-order valence-corrected chi connectivity index (χ2v) is 4.74. The molecule has 1 amide bonds. The Hall–Kier alpha value is -3.20. The molecule has 6 heteroatoms. The number of hydrogen-bond donors (Lipinski definition) is 3. The van der Waals surface area contributed by atoms with E-state index in [4.69, 9.17) is 16.2 Å². The molecule has 23 heavy (non-hydrogen) atoms. The highest BCUT2D eigenvalue weighted by molar-refractivity contribution is 5.67. The van der Waals surface area contributed by atoms with E-state index >= 15 is 0 Å².